The summed E-state index contributed by atoms with van der Waals surface area (Å²) in [5.41, 5.74) is 0.997. The molecule has 1 amide bonds. The Morgan fingerprint density at radius 3 is 2.68 bits per heavy atom. The molecule has 0 aliphatic carbocycles. The van der Waals surface area contributed by atoms with Gasteiger partial charge < -0.3 is 14.8 Å². The summed E-state index contributed by atoms with van der Waals surface area (Å²) < 4.78 is 12.1. The van der Waals surface area contributed by atoms with Gasteiger partial charge in [-0.05, 0) is 72.6 Å². The summed E-state index contributed by atoms with van der Waals surface area (Å²) in [7, 11) is 0. The fourth-order valence-electron chi connectivity index (χ4n) is 2.35. The number of nitriles is 1. The van der Waals surface area contributed by atoms with E-state index in [1.165, 1.54) is 6.08 Å². The molecule has 0 bridgehead atoms. The third-order valence-corrected chi connectivity index (χ3v) is 4.40. The van der Waals surface area contributed by atoms with Gasteiger partial charge >= 0.3 is 0 Å². The van der Waals surface area contributed by atoms with Gasteiger partial charge in [0.1, 0.15) is 11.6 Å². The van der Waals surface area contributed by atoms with E-state index in [-0.39, 0.29) is 11.7 Å². The first-order valence-electron chi connectivity index (χ1n) is 8.66. The van der Waals surface area contributed by atoms with Crippen molar-refractivity contribution in [2.24, 2.45) is 0 Å². The summed E-state index contributed by atoms with van der Waals surface area (Å²) >= 11 is 9.53. The molecule has 5 nitrogen and oxygen atoms in total. The Bertz CT molecular complexity index is 936. The number of carbonyl (C=O) groups excluding carboxylic acids is 1. The zero-order chi connectivity index (χ0) is 20.7. The lowest BCUT2D eigenvalue weighted by Crippen LogP contribution is -2.13. The van der Waals surface area contributed by atoms with Crippen molar-refractivity contribution in [3.8, 4) is 17.6 Å². The summed E-state index contributed by atoms with van der Waals surface area (Å²) in [6.07, 6.45) is 1.45. The number of para-hydroxylation sites is 1. The summed E-state index contributed by atoms with van der Waals surface area (Å²) in [5.74, 6) is 0.556. The van der Waals surface area contributed by atoms with E-state index in [1.807, 2.05) is 26.8 Å². The van der Waals surface area contributed by atoms with Crippen LogP contribution in [0.2, 0.25) is 5.02 Å². The summed E-state index contributed by atoms with van der Waals surface area (Å²) in [6.45, 7) is 6.16. The van der Waals surface area contributed by atoms with Crippen molar-refractivity contribution in [2.45, 2.75) is 26.9 Å². The van der Waals surface area contributed by atoms with Crippen LogP contribution in [-0.4, -0.2) is 18.6 Å². The molecule has 0 heterocycles. The molecule has 2 rings (SSSR count). The second kappa shape index (κ2) is 10.2. The molecule has 0 aliphatic heterocycles. The summed E-state index contributed by atoms with van der Waals surface area (Å²) in [4.78, 5) is 12.5. The number of nitrogens with one attached hydrogen (secondary N) is 1. The second-order valence-electron chi connectivity index (χ2n) is 6.03. The Morgan fingerprint density at radius 2 is 2.07 bits per heavy atom. The molecule has 0 saturated heterocycles. The molecule has 2 aromatic carbocycles. The van der Waals surface area contributed by atoms with E-state index in [9.17, 15) is 10.1 Å². The standard InChI is InChI=1S/C21H20BrClN2O3/c1-4-27-19-11-14(10-16(22)20(19)28-13(2)3)9-15(12-24)21(26)25-18-8-6-5-7-17(18)23/h5-11,13H,4H2,1-3H3,(H,25,26)/b15-9+. The van der Waals surface area contributed by atoms with Gasteiger partial charge in [0.25, 0.3) is 5.91 Å². The van der Waals surface area contributed by atoms with Gasteiger partial charge in [-0.25, -0.2) is 0 Å². The average Bonchev–Trinajstić information content (AvgIpc) is 2.64. The number of hydrogen-bond acceptors (Lipinski definition) is 4. The van der Waals surface area contributed by atoms with Crippen LogP contribution in [0.25, 0.3) is 6.08 Å². The lowest BCUT2D eigenvalue weighted by molar-refractivity contribution is -0.112. The summed E-state index contributed by atoms with van der Waals surface area (Å²) in [6, 6.07) is 12.2. The number of benzene rings is 2. The molecule has 0 atom stereocenters. The van der Waals surface area contributed by atoms with E-state index in [4.69, 9.17) is 21.1 Å². The Morgan fingerprint density at radius 1 is 1.36 bits per heavy atom. The zero-order valence-electron chi connectivity index (χ0n) is 15.8. The number of ether oxygens (including phenoxy) is 2. The predicted octanol–water partition coefficient (Wildman–Crippen LogP) is 5.83. The molecule has 0 aromatic heterocycles. The normalized spacial score (nSPS) is 11.1. The molecular formula is C21H20BrClN2O3. The quantitative estimate of drug-likeness (QED) is 0.414. The minimum atomic E-state index is -0.549. The maximum atomic E-state index is 12.5. The molecular weight excluding hydrogens is 444 g/mol. The van der Waals surface area contributed by atoms with E-state index < -0.39 is 5.91 Å². The number of hydrogen-bond donors (Lipinski definition) is 1. The van der Waals surface area contributed by atoms with E-state index >= 15 is 0 Å². The molecule has 28 heavy (non-hydrogen) atoms. The minimum Gasteiger partial charge on any atom is -0.490 e. The molecule has 0 fully saturated rings. The zero-order valence-corrected chi connectivity index (χ0v) is 18.1. The highest BCUT2D eigenvalue weighted by Gasteiger charge is 2.15. The SMILES string of the molecule is CCOc1cc(/C=C(\C#N)C(=O)Nc2ccccc2Cl)cc(Br)c1OC(C)C. The number of halogens is 2. The fourth-order valence-corrected chi connectivity index (χ4v) is 3.09. The lowest BCUT2D eigenvalue weighted by atomic mass is 10.1. The van der Waals surface area contributed by atoms with Crippen molar-refractivity contribution in [1.29, 1.82) is 5.26 Å². The molecule has 0 aliphatic rings. The first-order valence-corrected chi connectivity index (χ1v) is 9.83. The third kappa shape index (κ3) is 5.75. The van der Waals surface area contributed by atoms with Crippen molar-refractivity contribution in [2.75, 3.05) is 11.9 Å². The van der Waals surface area contributed by atoms with E-state index in [2.05, 4.69) is 21.2 Å². The number of amides is 1. The monoisotopic (exact) mass is 462 g/mol. The van der Waals surface area contributed by atoms with Gasteiger partial charge in [0.2, 0.25) is 0 Å². The predicted molar refractivity (Wildman–Crippen MR) is 115 cm³/mol. The van der Waals surface area contributed by atoms with Gasteiger partial charge in [0.15, 0.2) is 11.5 Å². The van der Waals surface area contributed by atoms with Crippen molar-refractivity contribution in [1.82, 2.24) is 0 Å². The fraction of sp³-hybridized carbons (Fsp3) is 0.238. The van der Waals surface area contributed by atoms with Gasteiger partial charge in [-0.1, -0.05) is 23.7 Å². The van der Waals surface area contributed by atoms with Crippen LogP contribution in [0.5, 0.6) is 11.5 Å². The van der Waals surface area contributed by atoms with Crippen LogP contribution < -0.4 is 14.8 Å². The third-order valence-electron chi connectivity index (χ3n) is 3.48. The highest BCUT2D eigenvalue weighted by atomic mass is 79.9. The second-order valence-corrected chi connectivity index (χ2v) is 7.29. The first kappa shape index (κ1) is 21.8. The van der Waals surface area contributed by atoms with Crippen LogP contribution in [-0.2, 0) is 4.79 Å². The molecule has 2 aromatic rings. The van der Waals surface area contributed by atoms with Gasteiger partial charge in [-0.15, -0.1) is 0 Å². The smallest absolute Gasteiger partial charge is 0.266 e. The maximum absolute atomic E-state index is 12.5. The molecule has 0 saturated carbocycles. The van der Waals surface area contributed by atoms with Crippen molar-refractivity contribution in [3.05, 3.63) is 57.0 Å². The van der Waals surface area contributed by atoms with Crippen molar-refractivity contribution in [3.63, 3.8) is 0 Å². The van der Waals surface area contributed by atoms with Crippen LogP contribution in [0.3, 0.4) is 0 Å². The van der Waals surface area contributed by atoms with Gasteiger partial charge in [-0.2, -0.15) is 5.26 Å². The Hall–Kier alpha value is -2.49. The Labute approximate surface area is 178 Å². The van der Waals surface area contributed by atoms with E-state index in [1.54, 1.807) is 36.4 Å². The lowest BCUT2D eigenvalue weighted by Gasteiger charge is -2.17. The van der Waals surface area contributed by atoms with Crippen LogP contribution in [0.15, 0.2) is 46.4 Å². The van der Waals surface area contributed by atoms with E-state index in [0.29, 0.717) is 38.9 Å². The molecule has 0 unspecified atom stereocenters. The number of rotatable bonds is 7. The number of nitrogens with zero attached hydrogens (tertiary/aromatic N) is 1. The Balaban J connectivity index is 2.36. The molecule has 0 spiro atoms. The topological polar surface area (TPSA) is 71.3 Å². The largest absolute Gasteiger partial charge is 0.490 e. The molecule has 7 heteroatoms. The van der Waals surface area contributed by atoms with Gasteiger partial charge in [-0.3, -0.25) is 4.79 Å². The van der Waals surface area contributed by atoms with Crippen molar-refractivity contribution >= 4 is 45.2 Å². The minimum absolute atomic E-state index is 0.0343. The van der Waals surface area contributed by atoms with Crippen LogP contribution in [0, 0.1) is 11.3 Å². The van der Waals surface area contributed by atoms with Crippen LogP contribution in [0.4, 0.5) is 5.69 Å². The van der Waals surface area contributed by atoms with Crippen molar-refractivity contribution < 1.29 is 14.3 Å². The molecule has 1 N–H and O–H groups in total. The molecule has 146 valence electrons. The van der Waals surface area contributed by atoms with Gasteiger partial charge in [0.05, 0.1) is 27.9 Å². The first-order chi connectivity index (χ1) is 13.3. The number of carbonyl (C=O) groups is 1. The van der Waals surface area contributed by atoms with E-state index in [0.717, 1.165) is 0 Å². The summed E-state index contributed by atoms with van der Waals surface area (Å²) in [5, 5.41) is 12.5. The maximum Gasteiger partial charge on any atom is 0.266 e. The average molecular weight is 464 g/mol. The molecule has 0 radical (unpaired) electrons. The van der Waals surface area contributed by atoms with Crippen LogP contribution >= 0.6 is 27.5 Å². The number of anilines is 1. The van der Waals surface area contributed by atoms with Gasteiger partial charge in [0, 0.05) is 0 Å². The Kier molecular flexibility index (Phi) is 7.91. The highest BCUT2D eigenvalue weighted by molar-refractivity contribution is 9.10. The highest BCUT2D eigenvalue weighted by Crippen LogP contribution is 2.38. The van der Waals surface area contributed by atoms with Crippen LogP contribution in [0.1, 0.15) is 26.3 Å².